The molecule has 6 N–H and O–H groups in total. The number of nitrogen functional groups attached to an aromatic ring is 1. The molecule has 1 aliphatic carbocycles. The van der Waals surface area contributed by atoms with E-state index in [-0.39, 0.29) is 4.90 Å². The number of hydrogen-bond acceptors (Lipinski definition) is 5. The monoisotopic (exact) mass is 397 g/mol. The fraction of sp³-hybridized carbons (Fsp3) is 0.0500. The molecule has 0 bridgehead atoms. The van der Waals surface area contributed by atoms with Crippen molar-refractivity contribution < 1.29 is 27.9 Å². The molecule has 0 saturated carbocycles. The third kappa shape index (κ3) is 3.03. The molecule has 2 aromatic rings. The van der Waals surface area contributed by atoms with E-state index in [2.05, 4.69) is 0 Å². The van der Waals surface area contributed by atoms with Crippen LogP contribution in [0.4, 0.5) is 5.69 Å². The Hall–Kier alpha value is -3.20. The number of benzene rings is 3. The highest BCUT2D eigenvalue weighted by Crippen LogP contribution is 2.41. The zero-order chi connectivity index (χ0) is 20.1. The first kappa shape index (κ1) is 18.2. The normalized spacial score (nSPS) is 11.9. The van der Waals surface area contributed by atoms with Crippen LogP contribution in [-0.2, 0) is 16.7 Å². The summed E-state index contributed by atoms with van der Waals surface area (Å²) in [5.41, 5.74) is 9.36. The van der Waals surface area contributed by atoms with Crippen molar-refractivity contribution >= 4 is 26.8 Å². The topological polar surface area (TPSA) is 139 Å². The zero-order valence-corrected chi connectivity index (χ0v) is 15.4. The number of anilines is 1. The first-order valence-electron chi connectivity index (χ1n) is 8.34. The van der Waals surface area contributed by atoms with Crippen LogP contribution < -0.4 is 16.5 Å². The van der Waals surface area contributed by atoms with E-state index in [9.17, 15) is 18.1 Å². The van der Waals surface area contributed by atoms with Crippen molar-refractivity contribution in [3.05, 3.63) is 65.5 Å². The fourth-order valence-corrected chi connectivity index (χ4v) is 3.85. The summed E-state index contributed by atoms with van der Waals surface area (Å²) in [7, 11) is -4.39. The molecule has 2 aliphatic rings. The smallest absolute Gasteiger partial charge is 0.294 e. The van der Waals surface area contributed by atoms with Crippen molar-refractivity contribution in [1.29, 1.82) is 0 Å². The number of aliphatic hydroxyl groups is 1. The van der Waals surface area contributed by atoms with Crippen LogP contribution in [-0.4, -0.2) is 18.1 Å². The Morgan fingerprint density at radius 2 is 1.75 bits per heavy atom. The van der Waals surface area contributed by atoms with Gasteiger partial charge in [0, 0.05) is 34.3 Å². The molecular weight excluding hydrogens is 380 g/mol. The van der Waals surface area contributed by atoms with Crippen molar-refractivity contribution in [2.24, 2.45) is 0 Å². The van der Waals surface area contributed by atoms with E-state index >= 15 is 0 Å². The van der Waals surface area contributed by atoms with Gasteiger partial charge >= 0.3 is 0 Å². The maximum absolute atomic E-state index is 11.5. The van der Waals surface area contributed by atoms with Crippen molar-refractivity contribution in [3.8, 4) is 22.5 Å². The van der Waals surface area contributed by atoms with Gasteiger partial charge < -0.3 is 15.3 Å². The minimum absolute atomic E-state index is 0.289. The van der Waals surface area contributed by atoms with E-state index in [1.807, 2.05) is 0 Å². The van der Waals surface area contributed by atoms with Crippen LogP contribution in [0.5, 0.6) is 0 Å². The van der Waals surface area contributed by atoms with Gasteiger partial charge in [0.25, 0.3) is 10.1 Å². The minimum Gasteiger partial charge on any atom is -0.456 e. The second-order valence-electron chi connectivity index (χ2n) is 6.44. The predicted octanol–water partition coefficient (Wildman–Crippen LogP) is 1.19. The van der Waals surface area contributed by atoms with Gasteiger partial charge in [-0.2, -0.15) is 8.42 Å². The second-order valence-corrected chi connectivity index (χ2v) is 7.86. The van der Waals surface area contributed by atoms with Crippen LogP contribution in [0.25, 0.3) is 33.4 Å². The predicted molar refractivity (Wildman–Crippen MR) is 103 cm³/mol. The van der Waals surface area contributed by atoms with Crippen molar-refractivity contribution in [2.45, 2.75) is 11.5 Å². The van der Waals surface area contributed by atoms with Crippen LogP contribution in [0.15, 0.2) is 63.9 Å². The molecule has 142 valence electrons. The maximum Gasteiger partial charge on any atom is 0.294 e. The lowest BCUT2D eigenvalue weighted by molar-refractivity contribution is -0.172. The second kappa shape index (κ2) is 6.45. The highest BCUT2D eigenvalue weighted by Gasteiger charge is 2.21. The van der Waals surface area contributed by atoms with Gasteiger partial charge in [-0.05, 0) is 41.5 Å². The third-order valence-electron chi connectivity index (χ3n) is 4.58. The molecule has 4 rings (SSSR count). The van der Waals surface area contributed by atoms with E-state index in [0.717, 1.165) is 16.5 Å². The Bertz CT molecular complexity index is 1360. The van der Waals surface area contributed by atoms with Crippen LogP contribution in [0.2, 0.25) is 0 Å². The van der Waals surface area contributed by atoms with Crippen molar-refractivity contribution in [2.75, 3.05) is 5.73 Å². The summed E-state index contributed by atoms with van der Waals surface area (Å²) in [6.07, 6.45) is 0. The Balaban J connectivity index is 2.14. The molecule has 0 spiro atoms. The molecule has 28 heavy (non-hydrogen) atoms. The molecular formula is C20H17N2O5S+. The van der Waals surface area contributed by atoms with E-state index in [4.69, 9.17) is 15.6 Å². The Morgan fingerprint density at radius 3 is 2.46 bits per heavy atom. The fourth-order valence-electron chi connectivity index (χ4n) is 3.32. The number of fused-ring (bicyclic) bond motifs is 2. The zero-order valence-electron chi connectivity index (χ0n) is 14.6. The molecule has 0 radical (unpaired) electrons. The van der Waals surface area contributed by atoms with Gasteiger partial charge in [0.2, 0.25) is 0 Å². The number of rotatable bonds is 3. The van der Waals surface area contributed by atoms with E-state index in [1.54, 1.807) is 42.5 Å². The van der Waals surface area contributed by atoms with E-state index in [0.29, 0.717) is 33.5 Å². The van der Waals surface area contributed by atoms with Gasteiger partial charge in [0.15, 0.2) is 5.36 Å². The molecule has 1 aliphatic heterocycles. The van der Waals surface area contributed by atoms with E-state index < -0.39 is 16.7 Å². The SMILES string of the molecule is Nc1ccc2c(-c3ccc(S(=O)(=O)O)cc3CO)c3ccc(=[NH2+])cc-3oc2c1. The summed E-state index contributed by atoms with van der Waals surface area (Å²) >= 11 is 0. The van der Waals surface area contributed by atoms with Crippen LogP contribution in [0.1, 0.15) is 5.56 Å². The van der Waals surface area contributed by atoms with Gasteiger partial charge in [-0.25, -0.2) is 0 Å². The molecule has 0 saturated heterocycles. The van der Waals surface area contributed by atoms with Crippen molar-refractivity contribution in [1.82, 2.24) is 0 Å². The summed E-state index contributed by atoms with van der Waals surface area (Å²) < 4.78 is 38.2. The third-order valence-corrected chi connectivity index (χ3v) is 5.43. The van der Waals surface area contributed by atoms with Gasteiger partial charge in [-0.1, -0.05) is 6.07 Å². The highest BCUT2D eigenvalue weighted by molar-refractivity contribution is 7.85. The van der Waals surface area contributed by atoms with Crippen LogP contribution in [0.3, 0.4) is 0 Å². The molecule has 2 aromatic carbocycles. The summed E-state index contributed by atoms with van der Waals surface area (Å²) in [4.78, 5) is -0.289. The lowest BCUT2D eigenvalue weighted by atomic mass is 9.91. The lowest BCUT2D eigenvalue weighted by Crippen LogP contribution is -2.44. The molecule has 0 fully saturated rings. The molecule has 0 atom stereocenters. The number of aliphatic hydroxyl groups excluding tert-OH is 1. The summed E-state index contributed by atoms with van der Waals surface area (Å²) in [6.45, 7) is -0.419. The largest absolute Gasteiger partial charge is 0.456 e. The van der Waals surface area contributed by atoms with E-state index in [1.165, 1.54) is 12.1 Å². The lowest BCUT2D eigenvalue weighted by Gasteiger charge is -2.17. The summed E-state index contributed by atoms with van der Waals surface area (Å²) in [5.74, 6) is 0.524. The Kier molecular flexibility index (Phi) is 4.19. The quantitative estimate of drug-likeness (QED) is 0.233. The Morgan fingerprint density at radius 1 is 1.00 bits per heavy atom. The first-order valence-corrected chi connectivity index (χ1v) is 9.78. The van der Waals surface area contributed by atoms with Gasteiger partial charge in [-0.15, -0.1) is 0 Å². The molecule has 0 aromatic heterocycles. The van der Waals surface area contributed by atoms with Crippen LogP contribution in [0, 0.1) is 0 Å². The molecule has 7 nitrogen and oxygen atoms in total. The average molecular weight is 397 g/mol. The average Bonchev–Trinajstić information content (AvgIpc) is 2.64. The summed E-state index contributed by atoms with van der Waals surface area (Å²) in [6, 6.07) is 14.5. The van der Waals surface area contributed by atoms with Crippen molar-refractivity contribution in [3.63, 3.8) is 0 Å². The maximum atomic E-state index is 11.5. The first-order chi connectivity index (χ1) is 13.3. The molecule has 8 heteroatoms. The molecule has 0 amide bonds. The molecule has 1 heterocycles. The summed E-state index contributed by atoms with van der Waals surface area (Å²) in [5, 5.41) is 17.0. The van der Waals surface area contributed by atoms with Gasteiger partial charge in [-0.3, -0.25) is 9.96 Å². The molecule has 0 unspecified atom stereocenters. The Labute approximate surface area is 160 Å². The standard InChI is InChI=1S/C20H16N2O5S/c21-12-1-4-16-18(8-12)27-19-9-13(22)2-5-17(19)20(16)15-6-3-14(28(24,25)26)7-11(15)10-23/h1-9,21,23H,10,22H2,(H,24,25,26)/p+1. The number of hydrogen-bond donors (Lipinski definition) is 4. The van der Waals surface area contributed by atoms with Crippen LogP contribution >= 0.6 is 0 Å². The number of nitrogens with two attached hydrogens (primary N) is 2. The minimum atomic E-state index is -4.39. The van der Waals surface area contributed by atoms with Gasteiger partial charge in [0.1, 0.15) is 11.3 Å². The highest BCUT2D eigenvalue weighted by atomic mass is 32.2. The van der Waals surface area contributed by atoms with Gasteiger partial charge in [0.05, 0.1) is 17.6 Å².